The van der Waals surface area contributed by atoms with Gasteiger partial charge in [0.15, 0.2) is 0 Å². The number of carbonyl (C=O) groups excluding carboxylic acids is 1. The van der Waals surface area contributed by atoms with Crippen molar-refractivity contribution in [3.05, 3.63) is 35.9 Å². The Kier molecular flexibility index (Phi) is 9.97. The first-order valence-electron chi connectivity index (χ1n) is 7.17. The molecule has 1 N–H and O–H groups in total. The molecule has 1 rings (SSSR count). The fourth-order valence-corrected chi connectivity index (χ4v) is 2.64. The Hall–Kier alpha value is -1.71. The zero-order valence-electron chi connectivity index (χ0n) is 13.6. The number of rotatable bonds is 10. The lowest BCUT2D eigenvalue weighted by atomic mass is 10.2. The standard InChI is InChI=1S/C15H21N3O4S2/c1-17(15(21)22-16-9-11-23-2)24-18(10-8-14(19)20)12-13-6-4-3-5-7-13/h3-7,9H,8,10-12H2,1-2H3,(H,19,20). The molecular weight excluding hydrogens is 350 g/mol. The third-order valence-corrected chi connectivity index (χ3v) is 4.14. The molecule has 0 aromatic heterocycles. The summed E-state index contributed by atoms with van der Waals surface area (Å²) < 4.78 is 3.07. The highest BCUT2D eigenvalue weighted by molar-refractivity contribution is 7.99. The van der Waals surface area contributed by atoms with E-state index >= 15 is 0 Å². The van der Waals surface area contributed by atoms with Crippen LogP contribution in [0.25, 0.3) is 0 Å². The van der Waals surface area contributed by atoms with Crippen molar-refractivity contribution in [2.75, 3.05) is 25.6 Å². The van der Waals surface area contributed by atoms with E-state index < -0.39 is 12.1 Å². The maximum atomic E-state index is 11.9. The maximum absolute atomic E-state index is 11.9. The third-order valence-electron chi connectivity index (χ3n) is 2.72. The number of carboxylic acid groups (broad SMARTS) is 1. The van der Waals surface area contributed by atoms with Gasteiger partial charge in [-0.2, -0.15) is 11.8 Å². The number of thioether (sulfide) groups is 1. The quantitative estimate of drug-likeness (QED) is 0.293. The summed E-state index contributed by atoms with van der Waals surface area (Å²) >= 11 is 2.66. The molecule has 1 amide bonds. The highest BCUT2D eigenvalue weighted by Crippen LogP contribution is 2.19. The molecule has 132 valence electrons. The van der Waals surface area contributed by atoms with E-state index in [0.717, 1.165) is 17.7 Å². The smallest absolute Gasteiger partial charge is 0.446 e. The van der Waals surface area contributed by atoms with Crippen LogP contribution in [0.3, 0.4) is 0 Å². The van der Waals surface area contributed by atoms with Gasteiger partial charge in [-0.1, -0.05) is 35.5 Å². The summed E-state index contributed by atoms with van der Waals surface area (Å²) in [5, 5.41) is 12.5. The van der Waals surface area contributed by atoms with Gasteiger partial charge in [-0.3, -0.25) is 9.63 Å². The van der Waals surface area contributed by atoms with Crippen molar-refractivity contribution < 1.29 is 19.5 Å². The van der Waals surface area contributed by atoms with Crippen molar-refractivity contribution >= 4 is 42.2 Å². The minimum absolute atomic E-state index is 0.0192. The van der Waals surface area contributed by atoms with E-state index in [1.165, 1.54) is 10.5 Å². The summed E-state index contributed by atoms with van der Waals surface area (Å²) in [6, 6.07) is 9.62. The first kappa shape index (κ1) is 20.3. The Labute approximate surface area is 150 Å². The lowest BCUT2D eigenvalue weighted by Gasteiger charge is -2.24. The van der Waals surface area contributed by atoms with E-state index in [4.69, 9.17) is 9.94 Å². The van der Waals surface area contributed by atoms with Crippen molar-refractivity contribution in [1.29, 1.82) is 0 Å². The van der Waals surface area contributed by atoms with Crippen molar-refractivity contribution in [1.82, 2.24) is 8.61 Å². The molecule has 1 aromatic carbocycles. The Morgan fingerprint density at radius 2 is 2.04 bits per heavy atom. The van der Waals surface area contributed by atoms with E-state index in [0.29, 0.717) is 18.8 Å². The van der Waals surface area contributed by atoms with Crippen LogP contribution in [0, 0.1) is 0 Å². The highest BCUT2D eigenvalue weighted by atomic mass is 32.2. The fraction of sp³-hybridized carbons (Fsp3) is 0.400. The first-order chi connectivity index (χ1) is 11.5. The van der Waals surface area contributed by atoms with Gasteiger partial charge in [0, 0.05) is 38.0 Å². The van der Waals surface area contributed by atoms with Crippen LogP contribution in [0.2, 0.25) is 0 Å². The predicted molar refractivity (Wildman–Crippen MR) is 97.8 cm³/mol. The minimum Gasteiger partial charge on any atom is -0.481 e. The molecule has 0 saturated carbocycles. The van der Waals surface area contributed by atoms with Crippen molar-refractivity contribution in [3.63, 3.8) is 0 Å². The zero-order chi connectivity index (χ0) is 17.8. The predicted octanol–water partition coefficient (Wildman–Crippen LogP) is 2.94. The van der Waals surface area contributed by atoms with E-state index in [9.17, 15) is 9.59 Å². The van der Waals surface area contributed by atoms with Gasteiger partial charge in [0.2, 0.25) is 0 Å². The molecule has 0 fully saturated rings. The molecule has 0 aliphatic heterocycles. The van der Waals surface area contributed by atoms with Crippen LogP contribution in [0.1, 0.15) is 12.0 Å². The molecule has 0 heterocycles. The van der Waals surface area contributed by atoms with Gasteiger partial charge < -0.3 is 5.11 Å². The van der Waals surface area contributed by atoms with Crippen LogP contribution >= 0.6 is 23.9 Å². The number of carbonyl (C=O) groups is 2. The Balaban J connectivity index is 2.58. The van der Waals surface area contributed by atoms with Crippen LogP contribution in [0.5, 0.6) is 0 Å². The van der Waals surface area contributed by atoms with Crippen LogP contribution in [-0.2, 0) is 16.2 Å². The van der Waals surface area contributed by atoms with Crippen molar-refractivity contribution in [2.45, 2.75) is 13.0 Å². The summed E-state index contributed by atoms with van der Waals surface area (Å²) in [6.07, 6.45) is 2.78. The average Bonchev–Trinajstić information content (AvgIpc) is 2.57. The van der Waals surface area contributed by atoms with Gasteiger partial charge in [-0.25, -0.2) is 13.4 Å². The minimum atomic E-state index is -0.888. The molecular formula is C15H21N3O4S2. The number of hydrogen-bond donors (Lipinski definition) is 1. The number of benzene rings is 1. The summed E-state index contributed by atoms with van der Waals surface area (Å²) in [7, 11) is 1.55. The molecule has 0 radical (unpaired) electrons. The van der Waals surface area contributed by atoms with E-state index in [2.05, 4.69) is 5.16 Å². The van der Waals surface area contributed by atoms with Gasteiger partial charge in [0.1, 0.15) is 0 Å². The van der Waals surface area contributed by atoms with Gasteiger partial charge in [-0.05, 0) is 11.8 Å². The molecule has 0 bridgehead atoms. The van der Waals surface area contributed by atoms with Crippen molar-refractivity contribution in [3.8, 4) is 0 Å². The van der Waals surface area contributed by atoms with E-state index in [1.807, 2.05) is 36.6 Å². The number of carboxylic acids is 1. The summed E-state index contributed by atoms with van der Waals surface area (Å²) in [6.45, 7) is 0.800. The summed E-state index contributed by atoms with van der Waals surface area (Å²) in [4.78, 5) is 27.4. The maximum Gasteiger partial charge on any atom is 0.446 e. The zero-order valence-corrected chi connectivity index (χ0v) is 15.3. The molecule has 0 unspecified atom stereocenters. The van der Waals surface area contributed by atoms with Gasteiger partial charge in [0.25, 0.3) is 0 Å². The second kappa shape index (κ2) is 11.8. The summed E-state index contributed by atoms with van der Waals surface area (Å²) in [5.41, 5.74) is 1.02. The first-order valence-corrected chi connectivity index (χ1v) is 9.29. The lowest BCUT2D eigenvalue weighted by Crippen LogP contribution is -2.28. The van der Waals surface area contributed by atoms with Crippen LogP contribution in [-0.4, -0.2) is 57.6 Å². The Morgan fingerprint density at radius 3 is 2.67 bits per heavy atom. The monoisotopic (exact) mass is 371 g/mol. The highest BCUT2D eigenvalue weighted by Gasteiger charge is 2.17. The second-order valence-corrected chi connectivity index (χ2v) is 6.81. The largest absolute Gasteiger partial charge is 0.481 e. The molecule has 0 atom stereocenters. The van der Waals surface area contributed by atoms with Crippen molar-refractivity contribution in [2.24, 2.45) is 5.16 Å². The molecule has 0 saturated heterocycles. The fourth-order valence-electron chi connectivity index (χ4n) is 1.61. The Bertz CT molecular complexity index is 543. The molecule has 24 heavy (non-hydrogen) atoms. The summed E-state index contributed by atoms with van der Waals surface area (Å²) in [5.74, 6) is -0.233. The van der Waals surface area contributed by atoms with Crippen LogP contribution in [0.4, 0.5) is 4.79 Å². The van der Waals surface area contributed by atoms with Gasteiger partial charge in [0.05, 0.1) is 12.6 Å². The van der Waals surface area contributed by atoms with E-state index in [-0.39, 0.29) is 6.42 Å². The number of nitrogens with zero attached hydrogens (tertiary/aromatic N) is 3. The Morgan fingerprint density at radius 1 is 1.33 bits per heavy atom. The lowest BCUT2D eigenvalue weighted by molar-refractivity contribution is -0.137. The SMILES string of the molecule is CSCC=NOC(=O)N(C)SN(CCC(=O)O)Cc1ccccc1. The molecule has 7 nitrogen and oxygen atoms in total. The average molecular weight is 371 g/mol. The second-order valence-electron chi connectivity index (χ2n) is 4.67. The van der Waals surface area contributed by atoms with Gasteiger partial charge >= 0.3 is 12.1 Å². The molecule has 0 aliphatic rings. The number of amides is 1. The number of aliphatic carboxylic acids is 1. The van der Waals surface area contributed by atoms with Crippen LogP contribution in [0.15, 0.2) is 35.5 Å². The number of oxime groups is 1. The van der Waals surface area contributed by atoms with Crippen LogP contribution < -0.4 is 0 Å². The third kappa shape index (κ3) is 8.80. The van der Waals surface area contributed by atoms with Gasteiger partial charge in [-0.15, -0.1) is 0 Å². The number of hydrogen-bond acceptors (Lipinski definition) is 7. The topological polar surface area (TPSA) is 82.4 Å². The molecule has 0 spiro atoms. The molecule has 1 aromatic rings. The molecule has 9 heteroatoms. The molecule has 0 aliphatic carbocycles. The van der Waals surface area contributed by atoms with E-state index in [1.54, 1.807) is 23.1 Å². The normalized spacial score (nSPS) is 11.0.